The molecule has 1 aliphatic heterocycles. The third-order valence-electron chi connectivity index (χ3n) is 4.50. The molecule has 1 N–H and O–H groups in total. The summed E-state index contributed by atoms with van der Waals surface area (Å²) in [6.07, 6.45) is 0. The predicted molar refractivity (Wildman–Crippen MR) is 90.8 cm³/mol. The number of hydrogen-bond donors (Lipinski definition) is 1. The van der Waals surface area contributed by atoms with Crippen LogP contribution in [-0.2, 0) is 16.1 Å². The molecular formula is C18H27N3O2. The Bertz CT molecular complexity index is 534. The summed E-state index contributed by atoms with van der Waals surface area (Å²) in [6.45, 7) is 10.1. The van der Waals surface area contributed by atoms with E-state index in [9.17, 15) is 9.59 Å². The van der Waals surface area contributed by atoms with Crippen molar-refractivity contribution in [1.82, 2.24) is 15.1 Å². The molecule has 5 nitrogen and oxygen atoms in total. The van der Waals surface area contributed by atoms with Gasteiger partial charge < -0.3 is 15.1 Å². The van der Waals surface area contributed by atoms with Crippen molar-refractivity contribution in [2.75, 3.05) is 32.7 Å². The van der Waals surface area contributed by atoms with Gasteiger partial charge in [-0.25, -0.2) is 0 Å². The molecule has 1 aromatic carbocycles. The number of carbonyl (C=O) groups excluding carboxylic acids is 2. The molecular weight excluding hydrogens is 290 g/mol. The zero-order valence-corrected chi connectivity index (χ0v) is 14.3. The molecule has 1 saturated heterocycles. The van der Waals surface area contributed by atoms with Crippen LogP contribution in [0.3, 0.4) is 0 Å². The predicted octanol–water partition coefficient (Wildman–Crippen LogP) is 1.49. The molecule has 1 aliphatic rings. The van der Waals surface area contributed by atoms with Crippen molar-refractivity contribution in [1.29, 1.82) is 0 Å². The molecule has 0 radical (unpaired) electrons. The number of hydrogen-bond acceptors (Lipinski definition) is 3. The Balaban J connectivity index is 1.91. The van der Waals surface area contributed by atoms with E-state index in [0.717, 1.165) is 25.2 Å². The lowest BCUT2D eigenvalue weighted by molar-refractivity contribution is -0.149. The van der Waals surface area contributed by atoms with Gasteiger partial charge in [0.2, 0.25) is 11.8 Å². The summed E-state index contributed by atoms with van der Waals surface area (Å²) < 4.78 is 0. The molecule has 126 valence electrons. The van der Waals surface area contributed by atoms with Crippen LogP contribution >= 0.6 is 0 Å². The topological polar surface area (TPSA) is 52.7 Å². The third-order valence-corrected chi connectivity index (χ3v) is 4.50. The number of nitrogens with one attached hydrogen (secondary N) is 1. The molecule has 23 heavy (non-hydrogen) atoms. The van der Waals surface area contributed by atoms with E-state index in [4.69, 9.17) is 0 Å². The Labute approximate surface area is 138 Å². The van der Waals surface area contributed by atoms with Gasteiger partial charge in [0, 0.05) is 32.7 Å². The van der Waals surface area contributed by atoms with Crippen molar-refractivity contribution >= 4 is 11.8 Å². The van der Waals surface area contributed by atoms with Crippen LogP contribution in [0.4, 0.5) is 0 Å². The minimum absolute atomic E-state index is 0.0844. The summed E-state index contributed by atoms with van der Waals surface area (Å²) in [5.74, 6) is -0.303. The minimum Gasteiger partial charge on any atom is -0.351 e. The largest absolute Gasteiger partial charge is 0.351 e. The summed E-state index contributed by atoms with van der Waals surface area (Å²) in [6, 6.07) is 9.73. The van der Waals surface area contributed by atoms with E-state index >= 15 is 0 Å². The van der Waals surface area contributed by atoms with Crippen LogP contribution < -0.4 is 5.32 Å². The molecule has 1 fully saturated rings. The lowest BCUT2D eigenvalue weighted by atomic mass is 9.90. The monoisotopic (exact) mass is 317 g/mol. The van der Waals surface area contributed by atoms with Gasteiger partial charge >= 0.3 is 0 Å². The molecule has 0 unspecified atom stereocenters. The highest BCUT2D eigenvalue weighted by Crippen LogP contribution is 2.20. The summed E-state index contributed by atoms with van der Waals surface area (Å²) in [5.41, 5.74) is -0.0101. The van der Waals surface area contributed by atoms with Gasteiger partial charge in [0.25, 0.3) is 0 Å². The quantitative estimate of drug-likeness (QED) is 0.837. The number of amides is 2. The van der Waals surface area contributed by atoms with E-state index < -0.39 is 5.41 Å². The fraction of sp³-hybridized carbons (Fsp3) is 0.556. The first-order valence-corrected chi connectivity index (χ1v) is 8.29. The Hall–Kier alpha value is -1.88. The van der Waals surface area contributed by atoms with E-state index in [1.54, 1.807) is 13.8 Å². The van der Waals surface area contributed by atoms with E-state index in [2.05, 4.69) is 17.1 Å². The second kappa shape index (κ2) is 7.59. The number of carbonyl (C=O) groups is 2. The third kappa shape index (κ3) is 4.32. The first-order chi connectivity index (χ1) is 10.9. The van der Waals surface area contributed by atoms with Crippen LogP contribution in [0.2, 0.25) is 0 Å². The van der Waals surface area contributed by atoms with Gasteiger partial charge in [-0.05, 0) is 26.0 Å². The Morgan fingerprint density at radius 2 is 1.70 bits per heavy atom. The smallest absolute Gasteiger partial charge is 0.237 e. The maximum Gasteiger partial charge on any atom is 0.237 e. The maximum absolute atomic E-state index is 12.7. The van der Waals surface area contributed by atoms with E-state index in [0.29, 0.717) is 19.6 Å². The van der Waals surface area contributed by atoms with Crippen LogP contribution in [0, 0.1) is 5.41 Å². The molecule has 2 rings (SSSR count). The molecule has 0 atom stereocenters. The first kappa shape index (κ1) is 17.5. The maximum atomic E-state index is 12.7. The normalized spacial score (nSPS) is 16.2. The number of benzene rings is 1. The first-order valence-electron chi connectivity index (χ1n) is 8.29. The SMILES string of the molecule is CCN1CCN(C(=O)C(C)(C)C(=O)NCc2ccccc2)CC1. The average Bonchev–Trinajstić information content (AvgIpc) is 2.59. The molecule has 0 aliphatic carbocycles. The lowest BCUT2D eigenvalue weighted by Crippen LogP contribution is -2.55. The van der Waals surface area contributed by atoms with Gasteiger partial charge in [0.1, 0.15) is 5.41 Å². The zero-order valence-electron chi connectivity index (χ0n) is 14.3. The lowest BCUT2D eigenvalue weighted by Gasteiger charge is -2.37. The zero-order chi connectivity index (χ0) is 16.9. The van der Waals surface area contributed by atoms with E-state index in [-0.39, 0.29) is 11.8 Å². The van der Waals surface area contributed by atoms with Crippen molar-refractivity contribution < 1.29 is 9.59 Å². The Morgan fingerprint density at radius 1 is 1.09 bits per heavy atom. The van der Waals surface area contributed by atoms with Crippen LogP contribution in [0.25, 0.3) is 0 Å². The van der Waals surface area contributed by atoms with Gasteiger partial charge in [-0.1, -0.05) is 37.3 Å². The molecule has 1 aromatic rings. The van der Waals surface area contributed by atoms with Gasteiger partial charge in [-0.3, -0.25) is 9.59 Å². The van der Waals surface area contributed by atoms with Crippen LogP contribution in [-0.4, -0.2) is 54.3 Å². The molecule has 2 amide bonds. The molecule has 5 heteroatoms. The Morgan fingerprint density at radius 3 is 2.26 bits per heavy atom. The highest BCUT2D eigenvalue weighted by Gasteiger charge is 2.39. The fourth-order valence-electron chi connectivity index (χ4n) is 2.76. The van der Waals surface area contributed by atoms with Gasteiger partial charge in [0.15, 0.2) is 0 Å². The summed E-state index contributed by atoms with van der Waals surface area (Å²) in [5, 5.41) is 2.88. The van der Waals surface area contributed by atoms with Crippen molar-refractivity contribution in [3.8, 4) is 0 Å². The highest BCUT2D eigenvalue weighted by atomic mass is 16.2. The van der Waals surface area contributed by atoms with Crippen LogP contribution in [0.1, 0.15) is 26.3 Å². The number of likely N-dealkylation sites (N-methyl/N-ethyl adjacent to an activating group) is 1. The van der Waals surface area contributed by atoms with E-state index in [1.807, 2.05) is 35.2 Å². The van der Waals surface area contributed by atoms with Crippen LogP contribution in [0.5, 0.6) is 0 Å². The van der Waals surface area contributed by atoms with Crippen LogP contribution in [0.15, 0.2) is 30.3 Å². The Kier molecular flexibility index (Phi) is 5.77. The van der Waals surface area contributed by atoms with Crippen molar-refractivity contribution in [2.24, 2.45) is 5.41 Å². The average molecular weight is 317 g/mol. The minimum atomic E-state index is -1.04. The molecule has 0 aromatic heterocycles. The fourth-order valence-corrected chi connectivity index (χ4v) is 2.76. The second-order valence-electron chi connectivity index (χ2n) is 6.52. The van der Waals surface area contributed by atoms with Gasteiger partial charge in [-0.2, -0.15) is 0 Å². The van der Waals surface area contributed by atoms with Crippen molar-refractivity contribution in [3.63, 3.8) is 0 Å². The highest BCUT2D eigenvalue weighted by molar-refractivity contribution is 6.04. The molecule has 0 saturated carbocycles. The molecule has 1 heterocycles. The molecule has 0 bridgehead atoms. The van der Waals surface area contributed by atoms with Crippen molar-refractivity contribution in [2.45, 2.75) is 27.3 Å². The summed E-state index contributed by atoms with van der Waals surface area (Å²) >= 11 is 0. The second-order valence-corrected chi connectivity index (χ2v) is 6.52. The van der Waals surface area contributed by atoms with Crippen molar-refractivity contribution in [3.05, 3.63) is 35.9 Å². The molecule has 0 spiro atoms. The number of rotatable bonds is 5. The number of nitrogens with zero attached hydrogens (tertiary/aromatic N) is 2. The summed E-state index contributed by atoms with van der Waals surface area (Å²) in [7, 11) is 0. The van der Waals surface area contributed by atoms with E-state index in [1.165, 1.54) is 0 Å². The van der Waals surface area contributed by atoms with Gasteiger partial charge in [-0.15, -0.1) is 0 Å². The van der Waals surface area contributed by atoms with Gasteiger partial charge in [0.05, 0.1) is 0 Å². The summed E-state index contributed by atoms with van der Waals surface area (Å²) in [4.78, 5) is 29.3. The standard InChI is InChI=1S/C18H27N3O2/c1-4-20-10-12-21(13-11-20)17(23)18(2,3)16(22)19-14-15-8-6-5-7-9-15/h5-9H,4,10-14H2,1-3H3,(H,19,22). The number of piperazine rings is 1.